The zero-order valence-electron chi connectivity index (χ0n) is 10.3. The van der Waals surface area contributed by atoms with E-state index in [-0.39, 0.29) is 11.9 Å². The van der Waals surface area contributed by atoms with Crippen LogP contribution in [0, 0.1) is 5.82 Å². The van der Waals surface area contributed by atoms with E-state index in [1.807, 2.05) is 6.07 Å². The summed E-state index contributed by atoms with van der Waals surface area (Å²) in [5, 5.41) is 7.24. The van der Waals surface area contributed by atoms with Gasteiger partial charge in [-0.25, -0.2) is 4.39 Å². The zero-order chi connectivity index (χ0) is 13.1. The van der Waals surface area contributed by atoms with Gasteiger partial charge in [-0.3, -0.25) is 0 Å². The van der Waals surface area contributed by atoms with E-state index in [1.54, 1.807) is 12.1 Å². The van der Waals surface area contributed by atoms with Crippen LogP contribution in [0.1, 0.15) is 30.6 Å². The average Bonchev–Trinajstić information content (AvgIpc) is 3.09. The third kappa shape index (κ3) is 2.96. The van der Waals surface area contributed by atoms with E-state index < -0.39 is 0 Å². The number of halogens is 1. The van der Waals surface area contributed by atoms with E-state index in [4.69, 9.17) is 4.52 Å². The molecule has 1 N–H and O–H groups in total. The first-order chi connectivity index (χ1) is 9.33. The van der Waals surface area contributed by atoms with Crippen LogP contribution >= 0.6 is 11.8 Å². The Hall–Kier alpha value is -1.40. The number of hydrogen-bond donors (Lipinski definition) is 1. The predicted octanol–water partition coefficient (Wildman–Crippen LogP) is 2.93. The van der Waals surface area contributed by atoms with Gasteiger partial charge in [0, 0.05) is 4.90 Å². The number of hydrogen-bond acceptors (Lipinski definition) is 5. The van der Waals surface area contributed by atoms with Crippen molar-refractivity contribution in [3.8, 4) is 0 Å². The van der Waals surface area contributed by atoms with E-state index >= 15 is 0 Å². The molecule has 4 nitrogen and oxygen atoms in total. The number of nitrogens with zero attached hydrogens (tertiary/aromatic N) is 2. The highest BCUT2D eigenvalue weighted by molar-refractivity contribution is 7.98. The van der Waals surface area contributed by atoms with Crippen LogP contribution in [0.25, 0.3) is 0 Å². The third-order valence-electron chi connectivity index (χ3n) is 3.04. The summed E-state index contributed by atoms with van der Waals surface area (Å²) in [7, 11) is 0. The molecule has 1 aliphatic rings. The lowest BCUT2D eigenvalue weighted by molar-refractivity contribution is 0.342. The summed E-state index contributed by atoms with van der Waals surface area (Å²) in [5.41, 5.74) is 0. The minimum Gasteiger partial charge on any atom is -0.338 e. The van der Waals surface area contributed by atoms with Gasteiger partial charge in [-0.2, -0.15) is 4.98 Å². The van der Waals surface area contributed by atoms with Crippen LogP contribution in [0.15, 0.2) is 33.7 Å². The summed E-state index contributed by atoms with van der Waals surface area (Å²) in [6, 6.07) is 6.87. The fourth-order valence-corrected chi connectivity index (χ4v) is 2.85. The minimum atomic E-state index is -0.214. The Balaban J connectivity index is 1.63. The van der Waals surface area contributed by atoms with Gasteiger partial charge in [0.25, 0.3) is 0 Å². The molecule has 1 aliphatic heterocycles. The molecular formula is C13H14FN3OS. The molecule has 0 spiro atoms. The van der Waals surface area contributed by atoms with E-state index in [1.165, 1.54) is 17.8 Å². The lowest BCUT2D eigenvalue weighted by atomic mass is 10.2. The van der Waals surface area contributed by atoms with E-state index in [2.05, 4.69) is 15.5 Å². The molecule has 0 bridgehead atoms. The molecule has 0 radical (unpaired) electrons. The molecule has 0 saturated carbocycles. The van der Waals surface area contributed by atoms with E-state index in [9.17, 15) is 4.39 Å². The van der Waals surface area contributed by atoms with Gasteiger partial charge in [0.15, 0.2) is 5.82 Å². The van der Waals surface area contributed by atoms with Crippen molar-refractivity contribution in [2.75, 3.05) is 6.54 Å². The second-order valence-electron chi connectivity index (χ2n) is 4.42. The first-order valence-electron chi connectivity index (χ1n) is 6.26. The quantitative estimate of drug-likeness (QED) is 0.872. The highest BCUT2D eigenvalue weighted by Crippen LogP contribution is 2.26. The molecule has 1 fully saturated rings. The van der Waals surface area contributed by atoms with Crippen LogP contribution in [0.3, 0.4) is 0 Å². The largest absolute Gasteiger partial charge is 0.338 e. The van der Waals surface area contributed by atoms with Crippen molar-refractivity contribution in [2.45, 2.75) is 29.5 Å². The average molecular weight is 279 g/mol. The lowest BCUT2D eigenvalue weighted by Gasteiger charge is -2.01. The summed E-state index contributed by atoms with van der Waals surface area (Å²) in [4.78, 5) is 4.96. The highest BCUT2D eigenvalue weighted by Gasteiger charge is 2.22. The van der Waals surface area contributed by atoms with Crippen molar-refractivity contribution in [3.63, 3.8) is 0 Å². The Morgan fingerprint density at radius 2 is 2.32 bits per heavy atom. The molecule has 0 amide bonds. The molecule has 6 heteroatoms. The SMILES string of the molecule is Fc1ccccc1SCc1noc([C@H]2CCCN2)n1. The fraction of sp³-hybridized carbons (Fsp3) is 0.385. The molecule has 100 valence electrons. The van der Waals surface area contributed by atoms with Crippen molar-refractivity contribution in [1.29, 1.82) is 0 Å². The van der Waals surface area contributed by atoms with E-state index in [0.717, 1.165) is 19.4 Å². The van der Waals surface area contributed by atoms with Gasteiger partial charge in [0.05, 0.1) is 11.8 Å². The maximum absolute atomic E-state index is 13.4. The van der Waals surface area contributed by atoms with Crippen LogP contribution < -0.4 is 5.32 Å². The Morgan fingerprint density at radius 3 is 3.11 bits per heavy atom. The maximum atomic E-state index is 13.4. The summed E-state index contributed by atoms with van der Waals surface area (Å²) < 4.78 is 18.7. The highest BCUT2D eigenvalue weighted by atomic mass is 32.2. The minimum absolute atomic E-state index is 0.180. The predicted molar refractivity (Wildman–Crippen MR) is 70.2 cm³/mol. The third-order valence-corrected chi connectivity index (χ3v) is 4.08. The van der Waals surface area contributed by atoms with Gasteiger partial charge in [0.2, 0.25) is 5.89 Å². The summed E-state index contributed by atoms with van der Waals surface area (Å²) >= 11 is 1.38. The topological polar surface area (TPSA) is 51.0 Å². The molecule has 0 unspecified atom stereocenters. The second-order valence-corrected chi connectivity index (χ2v) is 5.43. The Bertz CT molecular complexity index is 554. The molecular weight excluding hydrogens is 265 g/mol. The molecule has 19 heavy (non-hydrogen) atoms. The lowest BCUT2D eigenvalue weighted by Crippen LogP contribution is -2.13. The zero-order valence-corrected chi connectivity index (χ0v) is 11.1. The van der Waals surface area contributed by atoms with Crippen molar-refractivity contribution in [1.82, 2.24) is 15.5 Å². The van der Waals surface area contributed by atoms with Crippen molar-refractivity contribution in [3.05, 3.63) is 41.8 Å². The smallest absolute Gasteiger partial charge is 0.243 e. The van der Waals surface area contributed by atoms with E-state index in [0.29, 0.717) is 22.4 Å². The number of rotatable bonds is 4. The molecule has 1 aromatic carbocycles. The van der Waals surface area contributed by atoms with Crippen LogP contribution in [0.5, 0.6) is 0 Å². The van der Waals surface area contributed by atoms with Crippen molar-refractivity contribution < 1.29 is 8.91 Å². The van der Waals surface area contributed by atoms with Gasteiger partial charge < -0.3 is 9.84 Å². The summed E-state index contributed by atoms with van der Waals surface area (Å²) in [6.45, 7) is 0.992. The van der Waals surface area contributed by atoms with Crippen molar-refractivity contribution >= 4 is 11.8 Å². The normalized spacial score (nSPS) is 18.9. The molecule has 1 saturated heterocycles. The van der Waals surface area contributed by atoms with Gasteiger partial charge in [-0.05, 0) is 31.5 Å². The Labute approximate surface area is 114 Å². The number of benzene rings is 1. The first kappa shape index (κ1) is 12.6. The van der Waals surface area contributed by atoms with Crippen molar-refractivity contribution in [2.24, 2.45) is 0 Å². The van der Waals surface area contributed by atoms with Crippen LogP contribution in [-0.2, 0) is 5.75 Å². The van der Waals surface area contributed by atoms with Crippen LogP contribution in [0.4, 0.5) is 4.39 Å². The van der Waals surface area contributed by atoms with Gasteiger partial charge >= 0.3 is 0 Å². The Kier molecular flexibility index (Phi) is 3.79. The molecule has 3 rings (SSSR count). The first-order valence-corrected chi connectivity index (χ1v) is 7.24. The van der Waals surface area contributed by atoms with Gasteiger partial charge in [-0.1, -0.05) is 17.3 Å². The van der Waals surface area contributed by atoms with Crippen LogP contribution in [0.2, 0.25) is 0 Å². The molecule has 1 aromatic heterocycles. The summed E-state index contributed by atoms with van der Waals surface area (Å²) in [5.74, 6) is 1.55. The second kappa shape index (κ2) is 5.71. The molecule has 2 heterocycles. The molecule has 1 atom stereocenters. The molecule has 2 aromatic rings. The fourth-order valence-electron chi connectivity index (χ4n) is 2.07. The standard InChI is InChI=1S/C13H14FN3OS/c14-9-4-1-2-6-11(9)19-8-12-16-13(18-17-12)10-5-3-7-15-10/h1-2,4,6,10,15H,3,5,7-8H2/t10-/m1/s1. The molecule has 0 aliphatic carbocycles. The van der Waals surface area contributed by atoms with Gasteiger partial charge in [-0.15, -0.1) is 11.8 Å². The Morgan fingerprint density at radius 1 is 1.42 bits per heavy atom. The van der Waals surface area contributed by atoms with Crippen LogP contribution in [-0.4, -0.2) is 16.7 Å². The maximum Gasteiger partial charge on any atom is 0.243 e. The number of nitrogens with one attached hydrogen (secondary N) is 1. The number of aromatic nitrogens is 2. The summed E-state index contributed by atoms with van der Waals surface area (Å²) in [6.07, 6.45) is 2.16. The van der Waals surface area contributed by atoms with Gasteiger partial charge in [0.1, 0.15) is 5.82 Å². The number of thioether (sulfide) groups is 1. The monoisotopic (exact) mass is 279 g/mol.